The van der Waals surface area contributed by atoms with Crippen LogP contribution in [0.3, 0.4) is 0 Å². The zero-order chi connectivity index (χ0) is 16.0. The van der Waals surface area contributed by atoms with Gasteiger partial charge in [0.25, 0.3) is 0 Å². The Morgan fingerprint density at radius 3 is 1.67 bits per heavy atom. The lowest BCUT2D eigenvalue weighted by molar-refractivity contribution is -0.135. The molecule has 0 amide bonds. The lowest BCUT2D eigenvalue weighted by atomic mass is 10.5. The van der Waals surface area contributed by atoms with E-state index in [2.05, 4.69) is 4.18 Å². The third-order valence-electron chi connectivity index (χ3n) is 2.01. The van der Waals surface area contributed by atoms with E-state index in [-0.39, 0.29) is 13.0 Å². The van der Waals surface area contributed by atoms with Gasteiger partial charge in [-0.25, -0.2) is 0 Å². The summed E-state index contributed by atoms with van der Waals surface area (Å²) in [5, 5.41) is 0. The van der Waals surface area contributed by atoms with Gasteiger partial charge in [-0.2, -0.15) is 8.42 Å². The minimum Gasteiger partial charge on any atom is -0.379 e. The zero-order valence-corrected chi connectivity index (χ0v) is 13.4. The molecule has 21 heavy (non-hydrogen) atoms. The van der Waals surface area contributed by atoms with Crippen LogP contribution >= 0.6 is 0 Å². The van der Waals surface area contributed by atoms with Gasteiger partial charge in [0.2, 0.25) is 0 Å². The number of carbonyl (C=O) groups is 1. The van der Waals surface area contributed by atoms with Crippen molar-refractivity contribution in [3.63, 3.8) is 0 Å². The minimum atomic E-state index is -3.74. The Hall–Kier alpha value is -0.740. The van der Waals surface area contributed by atoms with Crippen LogP contribution in [0.1, 0.15) is 13.3 Å². The van der Waals surface area contributed by atoms with Gasteiger partial charge in [-0.3, -0.25) is 4.79 Å². The first-order valence-electron chi connectivity index (χ1n) is 6.69. The topological polar surface area (TPSA) is 97.4 Å². The van der Waals surface area contributed by atoms with Crippen LogP contribution < -0.4 is 0 Å². The van der Waals surface area contributed by atoms with Gasteiger partial charge in [-0.05, 0) is 6.92 Å². The fourth-order valence-electron chi connectivity index (χ4n) is 1.17. The molecule has 0 aliphatic heterocycles. The van der Waals surface area contributed by atoms with Crippen molar-refractivity contribution in [1.29, 1.82) is 0 Å². The quantitative estimate of drug-likeness (QED) is 0.324. The maximum atomic E-state index is 11.0. The monoisotopic (exact) mass is 328 g/mol. The van der Waals surface area contributed by atoms with Gasteiger partial charge in [0, 0.05) is 6.61 Å². The molecule has 0 rings (SSSR count). The van der Waals surface area contributed by atoms with Crippen molar-refractivity contribution in [2.24, 2.45) is 0 Å². The molecular weight excluding hydrogens is 304 g/mol. The van der Waals surface area contributed by atoms with Crippen molar-refractivity contribution in [2.45, 2.75) is 13.3 Å². The Morgan fingerprint density at radius 1 is 0.810 bits per heavy atom. The number of hydrogen-bond donors (Lipinski definition) is 0. The van der Waals surface area contributed by atoms with Crippen LogP contribution in [-0.2, 0) is 38.0 Å². The lowest BCUT2D eigenvalue weighted by Crippen LogP contribution is -2.15. The molecule has 9 heteroatoms. The molecule has 0 bridgehead atoms. The van der Waals surface area contributed by atoms with E-state index in [1.807, 2.05) is 6.92 Å². The third kappa shape index (κ3) is 17.2. The summed E-state index contributed by atoms with van der Waals surface area (Å²) >= 11 is 0. The maximum Gasteiger partial charge on any atom is 0.324 e. The molecule has 0 aromatic heterocycles. The van der Waals surface area contributed by atoms with E-state index >= 15 is 0 Å². The van der Waals surface area contributed by atoms with E-state index in [4.69, 9.17) is 18.9 Å². The van der Waals surface area contributed by atoms with Crippen LogP contribution in [0.15, 0.2) is 0 Å². The summed E-state index contributed by atoms with van der Waals surface area (Å²) in [5.41, 5.74) is 0. The molecule has 0 aromatic carbocycles. The predicted molar refractivity (Wildman–Crippen MR) is 74.5 cm³/mol. The molecule has 0 aliphatic carbocycles. The van der Waals surface area contributed by atoms with Crippen molar-refractivity contribution >= 4 is 16.1 Å². The molecule has 0 aromatic rings. The van der Waals surface area contributed by atoms with Crippen molar-refractivity contribution in [1.82, 2.24) is 0 Å². The van der Waals surface area contributed by atoms with Crippen molar-refractivity contribution in [2.75, 3.05) is 59.1 Å². The van der Waals surface area contributed by atoms with E-state index in [1.165, 1.54) is 0 Å². The molecule has 0 spiro atoms. The van der Waals surface area contributed by atoms with E-state index in [9.17, 15) is 13.2 Å². The summed E-state index contributed by atoms with van der Waals surface area (Å²) in [6, 6.07) is 0. The van der Waals surface area contributed by atoms with E-state index < -0.39 is 16.1 Å². The molecule has 0 saturated carbocycles. The number of carbonyl (C=O) groups excluding carboxylic acids is 1. The van der Waals surface area contributed by atoms with Gasteiger partial charge in [0.1, 0.15) is 0 Å². The fraction of sp³-hybridized carbons (Fsp3) is 0.917. The van der Waals surface area contributed by atoms with Crippen LogP contribution in [-0.4, -0.2) is 73.5 Å². The summed E-state index contributed by atoms with van der Waals surface area (Å²) in [6.45, 7) is 5.40. The van der Waals surface area contributed by atoms with Gasteiger partial charge in [-0.15, -0.1) is 0 Å². The van der Waals surface area contributed by atoms with Gasteiger partial charge >= 0.3 is 16.1 Å². The molecule has 0 atom stereocenters. The Labute approximate surface area is 125 Å². The Balaban J connectivity index is 3.21. The van der Waals surface area contributed by atoms with E-state index in [0.29, 0.717) is 46.2 Å². The SMILES string of the molecule is CCOCCOCCOCCOCCC(=O)OS(C)(=O)=O. The zero-order valence-electron chi connectivity index (χ0n) is 12.5. The van der Waals surface area contributed by atoms with Gasteiger partial charge in [0.05, 0.1) is 58.9 Å². The van der Waals surface area contributed by atoms with Crippen molar-refractivity contribution in [3.05, 3.63) is 0 Å². The van der Waals surface area contributed by atoms with Crippen LogP contribution in [0.25, 0.3) is 0 Å². The molecule has 126 valence electrons. The third-order valence-corrected chi connectivity index (χ3v) is 2.50. The molecule has 0 aliphatic rings. The standard InChI is InChI=1S/C12H24O8S/c1-3-16-6-7-18-10-11-19-9-8-17-5-4-12(13)20-21(2,14)15/h3-11H2,1-2H3. The Bertz CT molecular complexity index is 354. The molecule has 0 radical (unpaired) electrons. The molecular formula is C12H24O8S. The molecule has 0 fully saturated rings. The van der Waals surface area contributed by atoms with Gasteiger partial charge < -0.3 is 23.1 Å². The van der Waals surface area contributed by atoms with Crippen molar-refractivity contribution in [3.8, 4) is 0 Å². The maximum absolute atomic E-state index is 11.0. The lowest BCUT2D eigenvalue weighted by Gasteiger charge is -2.06. The van der Waals surface area contributed by atoms with Crippen molar-refractivity contribution < 1.29 is 36.3 Å². The van der Waals surface area contributed by atoms with Gasteiger partial charge in [0.15, 0.2) is 0 Å². The average Bonchev–Trinajstić information content (AvgIpc) is 2.38. The minimum absolute atomic E-state index is 0.0859. The van der Waals surface area contributed by atoms with Crippen LogP contribution in [0.4, 0.5) is 0 Å². The second-order valence-corrected chi connectivity index (χ2v) is 5.52. The van der Waals surface area contributed by atoms with E-state index in [1.54, 1.807) is 0 Å². The first-order valence-corrected chi connectivity index (χ1v) is 8.50. The van der Waals surface area contributed by atoms with Gasteiger partial charge in [-0.1, -0.05) is 0 Å². The smallest absolute Gasteiger partial charge is 0.324 e. The Kier molecular flexibility index (Phi) is 12.5. The van der Waals surface area contributed by atoms with Crippen LogP contribution in [0.5, 0.6) is 0 Å². The molecule has 0 N–H and O–H groups in total. The first-order chi connectivity index (χ1) is 9.95. The van der Waals surface area contributed by atoms with E-state index in [0.717, 1.165) is 6.26 Å². The predicted octanol–water partition coefficient (Wildman–Crippen LogP) is -0.0344. The van der Waals surface area contributed by atoms with Crippen LogP contribution in [0.2, 0.25) is 0 Å². The fourth-order valence-corrected chi connectivity index (χ4v) is 1.59. The largest absolute Gasteiger partial charge is 0.379 e. The summed E-state index contributed by atoms with van der Waals surface area (Å²) in [7, 11) is -3.74. The summed E-state index contributed by atoms with van der Waals surface area (Å²) in [4.78, 5) is 11.0. The first kappa shape index (κ1) is 20.3. The summed E-state index contributed by atoms with van der Waals surface area (Å²) in [5.74, 6) is -0.832. The van der Waals surface area contributed by atoms with Crippen LogP contribution in [0, 0.1) is 0 Å². The summed E-state index contributed by atoms with van der Waals surface area (Å²) in [6.07, 6.45) is 0.698. The highest BCUT2D eigenvalue weighted by atomic mass is 32.2. The highest BCUT2D eigenvalue weighted by Crippen LogP contribution is 1.93. The number of hydrogen-bond acceptors (Lipinski definition) is 8. The molecule has 0 unspecified atom stereocenters. The molecule has 8 nitrogen and oxygen atoms in total. The number of ether oxygens (including phenoxy) is 4. The average molecular weight is 328 g/mol. The number of rotatable bonds is 14. The molecule has 0 saturated heterocycles. The molecule has 0 heterocycles. The Morgan fingerprint density at radius 2 is 1.24 bits per heavy atom. The second kappa shape index (κ2) is 13.0. The highest BCUT2D eigenvalue weighted by molar-refractivity contribution is 7.86. The normalized spacial score (nSPS) is 11.5. The second-order valence-electron chi connectivity index (χ2n) is 3.94. The highest BCUT2D eigenvalue weighted by Gasteiger charge is 2.10. The summed E-state index contributed by atoms with van der Waals surface area (Å²) < 4.78 is 46.1.